The van der Waals surface area contributed by atoms with E-state index in [-0.39, 0.29) is 0 Å². The van der Waals surface area contributed by atoms with Crippen molar-refractivity contribution in [3.63, 3.8) is 0 Å². The first-order valence-electron chi connectivity index (χ1n) is 5.26. The molecule has 0 aromatic carbocycles. The van der Waals surface area contributed by atoms with Crippen molar-refractivity contribution in [1.29, 1.82) is 0 Å². The van der Waals surface area contributed by atoms with Crippen molar-refractivity contribution in [2.75, 3.05) is 5.32 Å². The first kappa shape index (κ1) is 9.83. The first-order valence-corrected chi connectivity index (χ1v) is 5.26. The van der Waals surface area contributed by atoms with E-state index in [0.717, 1.165) is 22.7 Å². The molecule has 3 aromatic rings. The van der Waals surface area contributed by atoms with Gasteiger partial charge >= 0.3 is 0 Å². The number of rotatable bonds is 2. The summed E-state index contributed by atoms with van der Waals surface area (Å²) in [6.45, 7) is 0. The van der Waals surface area contributed by atoms with Gasteiger partial charge in [-0.2, -0.15) is 5.10 Å². The van der Waals surface area contributed by atoms with Gasteiger partial charge in [0.05, 0.1) is 18.0 Å². The number of aryl methyl sites for hydroxylation is 2. The van der Waals surface area contributed by atoms with Gasteiger partial charge in [0.1, 0.15) is 11.3 Å². The van der Waals surface area contributed by atoms with Gasteiger partial charge in [0.25, 0.3) is 0 Å². The third-order valence-electron chi connectivity index (χ3n) is 2.58. The fraction of sp³-hybridized carbons (Fsp3) is 0.182. The third kappa shape index (κ3) is 1.73. The van der Waals surface area contributed by atoms with Crippen molar-refractivity contribution < 1.29 is 0 Å². The minimum Gasteiger partial charge on any atom is -0.334 e. The highest BCUT2D eigenvalue weighted by atomic mass is 15.3. The lowest BCUT2D eigenvalue weighted by Crippen LogP contribution is -1.96. The van der Waals surface area contributed by atoms with Gasteiger partial charge in [-0.15, -0.1) is 0 Å². The SMILES string of the molecule is Cn1ccc(Nc2cc3c(cn2)ncn3C)n1. The Labute approximate surface area is 97.9 Å². The minimum atomic E-state index is 0.764. The van der Waals surface area contributed by atoms with E-state index >= 15 is 0 Å². The van der Waals surface area contributed by atoms with Gasteiger partial charge in [-0.3, -0.25) is 4.68 Å². The Morgan fingerprint density at radius 3 is 2.82 bits per heavy atom. The lowest BCUT2D eigenvalue weighted by atomic mass is 10.4. The Kier molecular flexibility index (Phi) is 2.07. The maximum Gasteiger partial charge on any atom is 0.153 e. The quantitative estimate of drug-likeness (QED) is 0.721. The summed E-state index contributed by atoms with van der Waals surface area (Å²) >= 11 is 0. The molecule has 0 saturated carbocycles. The molecule has 0 amide bonds. The first-order chi connectivity index (χ1) is 8.22. The van der Waals surface area contributed by atoms with E-state index in [2.05, 4.69) is 20.4 Å². The number of anilines is 2. The monoisotopic (exact) mass is 228 g/mol. The fourth-order valence-corrected chi connectivity index (χ4v) is 1.71. The van der Waals surface area contributed by atoms with Gasteiger partial charge < -0.3 is 9.88 Å². The van der Waals surface area contributed by atoms with Crippen molar-refractivity contribution >= 4 is 22.7 Å². The summed E-state index contributed by atoms with van der Waals surface area (Å²) in [7, 11) is 3.84. The zero-order valence-electron chi connectivity index (χ0n) is 9.62. The number of nitrogens with zero attached hydrogens (tertiary/aromatic N) is 5. The molecule has 86 valence electrons. The molecule has 3 heterocycles. The highest BCUT2D eigenvalue weighted by Gasteiger charge is 2.03. The highest BCUT2D eigenvalue weighted by molar-refractivity contribution is 5.77. The van der Waals surface area contributed by atoms with Gasteiger partial charge in [0.2, 0.25) is 0 Å². The lowest BCUT2D eigenvalue weighted by molar-refractivity contribution is 0.771. The third-order valence-corrected chi connectivity index (χ3v) is 2.58. The van der Waals surface area contributed by atoms with E-state index in [1.54, 1.807) is 17.2 Å². The second kappa shape index (κ2) is 3.58. The largest absolute Gasteiger partial charge is 0.334 e. The molecule has 0 atom stereocenters. The molecule has 0 aliphatic heterocycles. The summed E-state index contributed by atoms with van der Waals surface area (Å²) < 4.78 is 3.70. The van der Waals surface area contributed by atoms with E-state index in [1.165, 1.54) is 0 Å². The molecule has 0 aliphatic rings. The van der Waals surface area contributed by atoms with Gasteiger partial charge in [-0.05, 0) is 0 Å². The predicted octanol–water partition coefficient (Wildman–Crippen LogP) is 1.45. The molecular formula is C11H12N6. The van der Waals surface area contributed by atoms with Crippen LogP contribution in [0.3, 0.4) is 0 Å². The molecule has 0 spiro atoms. The van der Waals surface area contributed by atoms with E-state index in [1.807, 2.05) is 37.0 Å². The molecule has 3 aromatic heterocycles. The van der Waals surface area contributed by atoms with Gasteiger partial charge in [0.15, 0.2) is 5.82 Å². The maximum atomic E-state index is 4.29. The van der Waals surface area contributed by atoms with Crippen LogP contribution in [-0.4, -0.2) is 24.3 Å². The average Bonchev–Trinajstić information content (AvgIpc) is 2.87. The minimum absolute atomic E-state index is 0.764. The Morgan fingerprint density at radius 2 is 2.06 bits per heavy atom. The number of fused-ring (bicyclic) bond motifs is 1. The summed E-state index contributed by atoms with van der Waals surface area (Å²) in [6, 6.07) is 3.85. The molecule has 6 nitrogen and oxygen atoms in total. The molecular weight excluding hydrogens is 216 g/mol. The molecule has 17 heavy (non-hydrogen) atoms. The number of aromatic nitrogens is 5. The summed E-state index contributed by atoms with van der Waals surface area (Å²) in [4.78, 5) is 8.51. The van der Waals surface area contributed by atoms with Gasteiger partial charge in [-0.25, -0.2) is 9.97 Å². The number of nitrogens with one attached hydrogen (secondary N) is 1. The van der Waals surface area contributed by atoms with Crippen LogP contribution in [0.25, 0.3) is 11.0 Å². The van der Waals surface area contributed by atoms with Crippen molar-refractivity contribution in [1.82, 2.24) is 24.3 Å². The molecule has 6 heteroatoms. The van der Waals surface area contributed by atoms with Crippen LogP contribution in [-0.2, 0) is 14.1 Å². The summed E-state index contributed by atoms with van der Waals surface area (Å²) in [5.41, 5.74) is 1.93. The standard InChI is InChI=1S/C11H12N6/c1-16-7-13-8-6-12-11(5-9(8)16)14-10-3-4-17(2)15-10/h3-7H,1-2H3,(H,12,14,15). The van der Waals surface area contributed by atoms with Crippen molar-refractivity contribution in [2.24, 2.45) is 14.1 Å². The topological polar surface area (TPSA) is 60.6 Å². The fourth-order valence-electron chi connectivity index (χ4n) is 1.71. The van der Waals surface area contributed by atoms with E-state index in [0.29, 0.717) is 0 Å². The summed E-state index contributed by atoms with van der Waals surface area (Å²) in [6.07, 6.45) is 5.41. The lowest BCUT2D eigenvalue weighted by Gasteiger charge is -2.02. The van der Waals surface area contributed by atoms with E-state index < -0.39 is 0 Å². The second-order valence-electron chi connectivity index (χ2n) is 3.91. The predicted molar refractivity (Wildman–Crippen MR) is 65.0 cm³/mol. The molecule has 0 radical (unpaired) electrons. The van der Waals surface area contributed by atoms with Crippen LogP contribution in [0.5, 0.6) is 0 Å². The van der Waals surface area contributed by atoms with Crippen LogP contribution in [0.15, 0.2) is 30.9 Å². The molecule has 1 N–H and O–H groups in total. The Bertz CT molecular complexity index is 665. The van der Waals surface area contributed by atoms with Crippen LogP contribution in [0.1, 0.15) is 0 Å². The maximum absolute atomic E-state index is 4.29. The van der Waals surface area contributed by atoms with Gasteiger partial charge in [0, 0.05) is 32.4 Å². The summed E-state index contributed by atoms with van der Waals surface area (Å²) in [5.74, 6) is 1.54. The van der Waals surface area contributed by atoms with Crippen LogP contribution in [0.4, 0.5) is 11.6 Å². The van der Waals surface area contributed by atoms with Crippen molar-refractivity contribution in [2.45, 2.75) is 0 Å². The molecule has 0 fully saturated rings. The van der Waals surface area contributed by atoms with E-state index in [9.17, 15) is 0 Å². The highest BCUT2D eigenvalue weighted by Crippen LogP contribution is 2.17. The molecule has 0 saturated heterocycles. The van der Waals surface area contributed by atoms with Gasteiger partial charge in [-0.1, -0.05) is 0 Å². The summed E-state index contributed by atoms with van der Waals surface area (Å²) in [5, 5.41) is 7.39. The van der Waals surface area contributed by atoms with Crippen LogP contribution in [0, 0.1) is 0 Å². The number of imidazole rings is 1. The Hall–Kier alpha value is -2.37. The average molecular weight is 228 g/mol. The zero-order valence-corrected chi connectivity index (χ0v) is 9.62. The van der Waals surface area contributed by atoms with E-state index in [4.69, 9.17) is 0 Å². The number of hydrogen-bond acceptors (Lipinski definition) is 4. The molecule has 0 aliphatic carbocycles. The molecule has 0 bridgehead atoms. The Balaban J connectivity index is 1.97. The smallest absolute Gasteiger partial charge is 0.153 e. The van der Waals surface area contributed by atoms with Crippen LogP contribution in [0.2, 0.25) is 0 Å². The molecule has 0 unspecified atom stereocenters. The number of pyridine rings is 1. The van der Waals surface area contributed by atoms with Crippen molar-refractivity contribution in [3.05, 3.63) is 30.9 Å². The Morgan fingerprint density at radius 1 is 1.18 bits per heavy atom. The normalized spacial score (nSPS) is 10.9. The molecule has 3 rings (SSSR count). The number of hydrogen-bond donors (Lipinski definition) is 1. The van der Waals surface area contributed by atoms with Crippen LogP contribution >= 0.6 is 0 Å². The van der Waals surface area contributed by atoms with Crippen LogP contribution < -0.4 is 5.32 Å². The second-order valence-corrected chi connectivity index (χ2v) is 3.91. The van der Waals surface area contributed by atoms with Crippen molar-refractivity contribution in [3.8, 4) is 0 Å². The zero-order chi connectivity index (χ0) is 11.8.